The van der Waals surface area contributed by atoms with Crippen LogP contribution < -0.4 is 5.32 Å². The molecule has 0 aromatic rings. The smallest absolute Gasteiger partial charge is 0.320 e. The zero-order valence-corrected chi connectivity index (χ0v) is 9.21. The summed E-state index contributed by atoms with van der Waals surface area (Å²) in [6, 6.07) is -0.543. The van der Waals surface area contributed by atoms with E-state index in [1.54, 1.807) is 6.92 Å². The Bertz CT molecular complexity index is 180. The van der Waals surface area contributed by atoms with Crippen LogP contribution in [0.1, 0.15) is 40.0 Å². The molecule has 0 spiro atoms. The number of hydrogen-bond acceptors (Lipinski definition) is 3. The number of nitrogens with one attached hydrogen (secondary N) is 1. The highest BCUT2D eigenvalue weighted by atomic mass is 16.4. The van der Waals surface area contributed by atoms with Gasteiger partial charge in [-0.05, 0) is 19.8 Å². The normalized spacial score (nSPS) is 17.4. The van der Waals surface area contributed by atoms with E-state index in [0.717, 1.165) is 6.42 Å². The molecule has 2 atom stereocenters. The molecule has 0 bridgehead atoms. The highest BCUT2D eigenvalue weighted by Gasteiger charge is 2.22. The van der Waals surface area contributed by atoms with E-state index >= 15 is 0 Å². The minimum Gasteiger partial charge on any atom is -0.480 e. The minimum absolute atomic E-state index is 0.320. The average molecular weight is 203 g/mol. The van der Waals surface area contributed by atoms with E-state index in [1.165, 1.54) is 0 Å². The molecular weight excluding hydrogens is 182 g/mol. The van der Waals surface area contributed by atoms with Crippen molar-refractivity contribution in [3.05, 3.63) is 0 Å². The predicted molar refractivity (Wildman–Crippen MR) is 55.2 cm³/mol. The van der Waals surface area contributed by atoms with Crippen LogP contribution in [0.15, 0.2) is 0 Å². The van der Waals surface area contributed by atoms with Crippen molar-refractivity contribution in [1.82, 2.24) is 5.32 Å². The molecule has 4 nitrogen and oxygen atoms in total. The van der Waals surface area contributed by atoms with Crippen LogP contribution in [0.2, 0.25) is 0 Å². The van der Waals surface area contributed by atoms with E-state index in [4.69, 9.17) is 5.11 Å². The van der Waals surface area contributed by atoms with E-state index < -0.39 is 17.6 Å². The van der Waals surface area contributed by atoms with Gasteiger partial charge in [0.2, 0.25) is 0 Å². The van der Waals surface area contributed by atoms with Crippen molar-refractivity contribution in [2.24, 2.45) is 0 Å². The third-order valence-electron chi connectivity index (χ3n) is 2.37. The van der Waals surface area contributed by atoms with Gasteiger partial charge in [0, 0.05) is 6.54 Å². The third-order valence-corrected chi connectivity index (χ3v) is 2.37. The second-order valence-corrected chi connectivity index (χ2v) is 3.91. The van der Waals surface area contributed by atoms with Gasteiger partial charge in [-0.15, -0.1) is 0 Å². The Hall–Kier alpha value is -0.610. The Morgan fingerprint density at radius 2 is 2.07 bits per heavy atom. The van der Waals surface area contributed by atoms with Crippen LogP contribution in [0.5, 0.6) is 0 Å². The Morgan fingerprint density at radius 3 is 2.43 bits per heavy atom. The van der Waals surface area contributed by atoms with Crippen LogP contribution in [-0.2, 0) is 4.79 Å². The molecule has 0 fully saturated rings. The zero-order chi connectivity index (χ0) is 11.2. The molecule has 2 unspecified atom stereocenters. The molecule has 0 aliphatic rings. The molecule has 0 aromatic heterocycles. The van der Waals surface area contributed by atoms with Crippen molar-refractivity contribution >= 4 is 5.97 Å². The Balaban J connectivity index is 3.99. The van der Waals surface area contributed by atoms with Crippen molar-refractivity contribution in [1.29, 1.82) is 0 Å². The quantitative estimate of drug-likeness (QED) is 0.577. The molecule has 0 aliphatic carbocycles. The van der Waals surface area contributed by atoms with Gasteiger partial charge < -0.3 is 15.5 Å². The topological polar surface area (TPSA) is 69.6 Å². The van der Waals surface area contributed by atoms with Crippen LogP contribution in [0, 0.1) is 0 Å². The first kappa shape index (κ1) is 13.4. The van der Waals surface area contributed by atoms with Gasteiger partial charge in [0.25, 0.3) is 0 Å². The van der Waals surface area contributed by atoms with Gasteiger partial charge in [0.05, 0.1) is 5.60 Å². The van der Waals surface area contributed by atoms with Crippen molar-refractivity contribution in [3.8, 4) is 0 Å². The maximum absolute atomic E-state index is 10.8. The zero-order valence-electron chi connectivity index (χ0n) is 9.21. The van der Waals surface area contributed by atoms with Crippen LogP contribution in [-0.4, -0.2) is 34.4 Å². The van der Waals surface area contributed by atoms with Crippen LogP contribution in [0.4, 0.5) is 0 Å². The lowest BCUT2D eigenvalue weighted by Gasteiger charge is -2.24. The lowest BCUT2D eigenvalue weighted by molar-refractivity contribution is -0.139. The first-order valence-electron chi connectivity index (χ1n) is 5.11. The van der Waals surface area contributed by atoms with Gasteiger partial charge in [-0.3, -0.25) is 4.79 Å². The van der Waals surface area contributed by atoms with Gasteiger partial charge in [0.15, 0.2) is 0 Å². The van der Waals surface area contributed by atoms with Gasteiger partial charge in [-0.1, -0.05) is 20.3 Å². The average Bonchev–Trinajstić information content (AvgIpc) is 2.12. The summed E-state index contributed by atoms with van der Waals surface area (Å²) in [4.78, 5) is 10.8. The van der Waals surface area contributed by atoms with E-state index in [0.29, 0.717) is 19.4 Å². The summed E-state index contributed by atoms with van der Waals surface area (Å²) in [5.74, 6) is -0.848. The summed E-state index contributed by atoms with van der Waals surface area (Å²) in [7, 11) is 0. The molecule has 0 heterocycles. The summed E-state index contributed by atoms with van der Waals surface area (Å²) in [6.45, 7) is 5.83. The molecular formula is C10H21NO3. The monoisotopic (exact) mass is 203 g/mol. The maximum Gasteiger partial charge on any atom is 0.320 e. The van der Waals surface area contributed by atoms with Gasteiger partial charge in [-0.2, -0.15) is 0 Å². The van der Waals surface area contributed by atoms with E-state index in [1.807, 2.05) is 13.8 Å². The van der Waals surface area contributed by atoms with Crippen LogP contribution in [0.25, 0.3) is 0 Å². The van der Waals surface area contributed by atoms with Gasteiger partial charge in [-0.25, -0.2) is 0 Å². The lowest BCUT2D eigenvalue weighted by atomic mass is 10.0. The van der Waals surface area contributed by atoms with Crippen molar-refractivity contribution < 1.29 is 15.0 Å². The van der Waals surface area contributed by atoms with Crippen molar-refractivity contribution in [2.75, 3.05) is 6.54 Å². The fraction of sp³-hybridized carbons (Fsp3) is 0.900. The molecule has 0 rings (SSSR count). The summed E-state index contributed by atoms with van der Waals surface area (Å²) in [5.41, 5.74) is -0.818. The molecule has 0 saturated carbocycles. The van der Waals surface area contributed by atoms with Crippen LogP contribution in [0.3, 0.4) is 0 Å². The largest absolute Gasteiger partial charge is 0.480 e. The fourth-order valence-electron chi connectivity index (χ4n) is 1.07. The maximum atomic E-state index is 10.8. The third kappa shape index (κ3) is 5.19. The summed E-state index contributed by atoms with van der Waals surface area (Å²) in [6.07, 6.45) is 2.02. The molecule has 3 N–H and O–H groups in total. The van der Waals surface area contributed by atoms with Gasteiger partial charge in [0.1, 0.15) is 6.04 Å². The first-order valence-corrected chi connectivity index (χ1v) is 5.11. The molecule has 0 aliphatic heterocycles. The number of hydrogen-bond donors (Lipinski definition) is 3. The van der Waals surface area contributed by atoms with Gasteiger partial charge >= 0.3 is 5.97 Å². The molecule has 4 heteroatoms. The number of aliphatic carboxylic acids is 1. The SMILES string of the molecule is CCCC(NCC(C)(O)CC)C(=O)O. The highest BCUT2D eigenvalue weighted by molar-refractivity contribution is 5.73. The highest BCUT2D eigenvalue weighted by Crippen LogP contribution is 2.07. The standard InChI is InChI=1S/C10H21NO3/c1-4-6-8(9(12)13)11-7-10(3,14)5-2/h8,11,14H,4-7H2,1-3H3,(H,12,13). The number of rotatable bonds is 7. The number of carbonyl (C=O) groups is 1. The van der Waals surface area contributed by atoms with Crippen LogP contribution >= 0.6 is 0 Å². The molecule has 84 valence electrons. The van der Waals surface area contributed by atoms with E-state index in [-0.39, 0.29) is 0 Å². The predicted octanol–water partition coefficient (Wildman–Crippen LogP) is 0.990. The van der Waals surface area contributed by atoms with E-state index in [9.17, 15) is 9.90 Å². The molecule has 0 radical (unpaired) electrons. The second-order valence-electron chi connectivity index (χ2n) is 3.91. The molecule has 14 heavy (non-hydrogen) atoms. The number of carboxylic acid groups (broad SMARTS) is 1. The Morgan fingerprint density at radius 1 is 1.50 bits per heavy atom. The fourth-order valence-corrected chi connectivity index (χ4v) is 1.07. The lowest BCUT2D eigenvalue weighted by Crippen LogP contribution is -2.45. The van der Waals surface area contributed by atoms with Crippen molar-refractivity contribution in [2.45, 2.75) is 51.7 Å². The molecule has 0 aromatic carbocycles. The second kappa shape index (κ2) is 5.98. The van der Waals surface area contributed by atoms with Crippen molar-refractivity contribution in [3.63, 3.8) is 0 Å². The summed E-state index contributed by atoms with van der Waals surface area (Å²) in [5, 5.41) is 21.4. The number of carboxylic acids is 1. The minimum atomic E-state index is -0.848. The Kier molecular flexibility index (Phi) is 5.72. The summed E-state index contributed by atoms with van der Waals surface area (Å²) >= 11 is 0. The summed E-state index contributed by atoms with van der Waals surface area (Å²) < 4.78 is 0. The molecule has 0 saturated heterocycles. The molecule has 0 amide bonds. The number of aliphatic hydroxyl groups is 1. The van der Waals surface area contributed by atoms with E-state index in [2.05, 4.69) is 5.32 Å². The first-order chi connectivity index (χ1) is 6.43. The Labute approximate surface area is 85.3 Å².